The van der Waals surface area contributed by atoms with E-state index in [2.05, 4.69) is 4.99 Å². The summed E-state index contributed by atoms with van der Waals surface area (Å²) in [6.07, 6.45) is 1.68. The molecule has 4 rings (SSSR count). The number of methoxy groups -OCH3 is 1. The van der Waals surface area contributed by atoms with Gasteiger partial charge in [0, 0.05) is 6.54 Å². The third-order valence-corrected chi connectivity index (χ3v) is 6.63. The van der Waals surface area contributed by atoms with E-state index in [0.29, 0.717) is 44.9 Å². The van der Waals surface area contributed by atoms with Gasteiger partial charge in [0.1, 0.15) is 12.4 Å². The molecule has 1 N–H and O–H groups in total. The molecule has 0 radical (unpaired) electrons. The molecule has 3 aromatic carbocycles. The number of thioether (sulfide) groups is 1. The van der Waals surface area contributed by atoms with E-state index >= 15 is 0 Å². The van der Waals surface area contributed by atoms with Crippen molar-refractivity contribution < 1.29 is 28.6 Å². The summed E-state index contributed by atoms with van der Waals surface area (Å²) in [7, 11) is 1.47. The minimum Gasteiger partial charge on any atom is -0.493 e. The van der Waals surface area contributed by atoms with Crippen molar-refractivity contribution >= 4 is 52.2 Å². The van der Waals surface area contributed by atoms with E-state index in [1.165, 1.54) is 48.0 Å². The van der Waals surface area contributed by atoms with Gasteiger partial charge in [-0.15, -0.1) is 0 Å². The molecule has 1 heterocycles. The predicted molar refractivity (Wildman–Crippen MR) is 142 cm³/mol. The second-order valence-electron chi connectivity index (χ2n) is 7.86. The minimum atomic E-state index is -1.06. The number of hydrogen-bond donors (Lipinski definition) is 1. The number of rotatable bonds is 8. The molecule has 37 heavy (non-hydrogen) atoms. The van der Waals surface area contributed by atoms with Crippen molar-refractivity contribution in [2.45, 2.75) is 13.5 Å². The highest BCUT2D eigenvalue weighted by atomic mass is 35.5. The van der Waals surface area contributed by atoms with Crippen LogP contribution in [0, 0.1) is 5.82 Å². The van der Waals surface area contributed by atoms with E-state index < -0.39 is 5.97 Å². The van der Waals surface area contributed by atoms with Crippen molar-refractivity contribution in [3.63, 3.8) is 0 Å². The molecule has 7 nitrogen and oxygen atoms in total. The van der Waals surface area contributed by atoms with Crippen molar-refractivity contribution in [3.8, 4) is 11.5 Å². The second kappa shape index (κ2) is 11.5. The number of carbonyl (C=O) groups is 2. The van der Waals surface area contributed by atoms with Crippen LogP contribution in [0.1, 0.15) is 28.4 Å². The summed E-state index contributed by atoms with van der Waals surface area (Å²) in [4.78, 5) is 30.8. The van der Waals surface area contributed by atoms with Gasteiger partial charge in [0.2, 0.25) is 0 Å². The summed E-state index contributed by atoms with van der Waals surface area (Å²) in [6, 6.07) is 15.6. The number of amides is 1. The number of nitrogens with zero attached hydrogens (tertiary/aromatic N) is 2. The molecular formula is C27H22ClFN2O5S. The van der Waals surface area contributed by atoms with E-state index in [4.69, 9.17) is 21.1 Å². The maximum absolute atomic E-state index is 13.5. The third-order valence-electron chi connectivity index (χ3n) is 5.34. The van der Waals surface area contributed by atoms with Crippen molar-refractivity contribution in [2.24, 2.45) is 4.99 Å². The largest absolute Gasteiger partial charge is 0.493 e. The van der Waals surface area contributed by atoms with Crippen molar-refractivity contribution in [1.82, 2.24) is 4.90 Å². The van der Waals surface area contributed by atoms with E-state index in [1.807, 2.05) is 6.92 Å². The zero-order chi connectivity index (χ0) is 26.5. The lowest BCUT2D eigenvalue weighted by Gasteiger charge is -2.14. The van der Waals surface area contributed by atoms with Gasteiger partial charge in [0.15, 0.2) is 16.7 Å². The van der Waals surface area contributed by atoms with Crippen molar-refractivity contribution in [3.05, 3.63) is 93.1 Å². The van der Waals surface area contributed by atoms with Crippen LogP contribution in [-0.4, -0.2) is 40.7 Å². The molecule has 0 saturated carbocycles. The van der Waals surface area contributed by atoms with E-state index in [1.54, 1.807) is 42.5 Å². The molecule has 190 valence electrons. The molecule has 0 spiro atoms. The van der Waals surface area contributed by atoms with Crippen LogP contribution in [0.15, 0.2) is 70.6 Å². The fourth-order valence-electron chi connectivity index (χ4n) is 3.59. The van der Waals surface area contributed by atoms with Gasteiger partial charge in [-0.25, -0.2) is 14.2 Å². The fourth-order valence-corrected chi connectivity index (χ4v) is 4.92. The van der Waals surface area contributed by atoms with Gasteiger partial charge in [0.25, 0.3) is 5.91 Å². The lowest BCUT2D eigenvalue weighted by molar-refractivity contribution is -0.122. The summed E-state index contributed by atoms with van der Waals surface area (Å²) >= 11 is 7.66. The van der Waals surface area contributed by atoms with Gasteiger partial charge in [-0.2, -0.15) is 0 Å². The summed E-state index contributed by atoms with van der Waals surface area (Å²) in [5, 5.41) is 9.94. The average molecular weight is 541 g/mol. The molecule has 0 aromatic heterocycles. The number of ether oxygens (including phenoxy) is 2. The maximum Gasteiger partial charge on any atom is 0.335 e. The zero-order valence-electron chi connectivity index (χ0n) is 19.9. The molecule has 0 atom stereocenters. The molecule has 1 aliphatic rings. The van der Waals surface area contributed by atoms with Gasteiger partial charge in [-0.3, -0.25) is 9.69 Å². The van der Waals surface area contributed by atoms with E-state index in [0.717, 1.165) is 0 Å². The molecule has 0 aliphatic carbocycles. The Morgan fingerprint density at radius 1 is 1.19 bits per heavy atom. The SMILES string of the molecule is CCN1C(=O)/C(=C/c2cc(Cl)c(OCc3cccc(F)c3)c(OC)c2)SC1=Nc1cccc(C(=O)O)c1. The predicted octanol–water partition coefficient (Wildman–Crippen LogP) is 6.39. The second-order valence-corrected chi connectivity index (χ2v) is 9.28. The summed E-state index contributed by atoms with van der Waals surface area (Å²) < 4.78 is 24.7. The zero-order valence-corrected chi connectivity index (χ0v) is 21.5. The van der Waals surface area contributed by atoms with Gasteiger partial charge < -0.3 is 14.6 Å². The molecule has 1 fully saturated rings. The van der Waals surface area contributed by atoms with Gasteiger partial charge in [0.05, 0.1) is 28.3 Å². The molecule has 0 unspecified atom stereocenters. The number of aromatic carboxylic acids is 1. The molecule has 10 heteroatoms. The molecule has 3 aromatic rings. The topological polar surface area (TPSA) is 88.4 Å². The number of aliphatic imine (C=N–C) groups is 1. The Hall–Kier alpha value is -3.82. The Kier molecular flexibility index (Phi) is 8.15. The van der Waals surface area contributed by atoms with E-state index in [9.17, 15) is 19.1 Å². The number of carboxylic acids is 1. The number of halogens is 2. The Balaban J connectivity index is 1.60. The number of carboxylic acid groups (broad SMARTS) is 1. The molecule has 1 amide bonds. The normalized spacial score (nSPS) is 15.5. The van der Waals surface area contributed by atoms with Crippen LogP contribution in [0.5, 0.6) is 11.5 Å². The van der Waals surface area contributed by atoms with Crippen LogP contribution in [0.3, 0.4) is 0 Å². The Morgan fingerprint density at radius 3 is 2.68 bits per heavy atom. The highest BCUT2D eigenvalue weighted by molar-refractivity contribution is 8.18. The van der Waals surface area contributed by atoms with Crippen LogP contribution >= 0.6 is 23.4 Å². The van der Waals surface area contributed by atoms with Crippen molar-refractivity contribution in [1.29, 1.82) is 0 Å². The number of carbonyl (C=O) groups excluding carboxylic acids is 1. The smallest absolute Gasteiger partial charge is 0.335 e. The summed E-state index contributed by atoms with van der Waals surface area (Å²) in [5.74, 6) is -0.991. The Labute approximate surface area is 222 Å². The van der Waals surface area contributed by atoms with E-state index in [-0.39, 0.29) is 28.9 Å². The summed E-state index contributed by atoms with van der Waals surface area (Å²) in [5.41, 5.74) is 1.79. The fraction of sp³-hybridized carbons (Fsp3) is 0.148. The molecule has 0 bridgehead atoms. The minimum absolute atomic E-state index is 0.0942. The van der Waals surface area contributed by atoms with Gasteiger partial charge >= 0.3 is 5.97 Å². The highest BCUT2D eigenvalue weighted by Gasteiger charge is 2.32. The number of likely N-dealkylation sites (N-methyl/N-ethyl adjacent to an activating group) is 1. The number of hydrogen-bond acceptors (Lipinski definition) is 6. The first-order valence-electron chi connectivity index (χ1n) is 11.2. The Morgan fingerprint density at radius 2 is 1.97 bits per heavy atom. The maximum atomic E-state index is 13.5. The first-order chi connectivity index (χ1) is 17.8. The van der Waals surface area contributed by atoms with Crippen LogP contribution < -0.4 is 9.47 Å². The monoisotopic (exact) mass is 540 g/mol. The van der Waals surface area contributed by atoms with Gasteiger partial charge in [-0.05, 0) is 78.4 Å². The quantitative estimate of drug-likeness (QED) is 0.333. The lowest BCUT2D eigenvalue weighted by atomic mass is 10.1. The van der Waals surface area contributed by atoms with Crippen LogP contribution in [0.2, 0.25) is 5.02 Å². The van der Waals surface area contributed by atoms with Crippen molar-refractivity contribution in [2.75, 3.05) is 13.7 Å². The Bertz CT molecular complexity index is 1430. The van der Waals surface area contributed by atoms with Crippen LogP contribution in [-0.2, 0) is 11.4 Å². The number of amidine groups is 1. The highest BCUT2D eigenvalue weighted by Crippen LogP contribution is 2.39. The molecular weight excluding hydrogens is 519 g/mol. The molecule has 1 aliphatic heterocycles. The van der Waals surface area contributed by atoms with Gasteiger partial charge in [-0.1, -0.05) is 29.8 Å². The standard InChI is InChI=1S/C27H22ClFN2O5S/c1-3-31-25(32)23(37-27(31)30-20-9-5-7-18(14-20)26(33)34)13-17-11-21(28)24(22(12-17)35-2)36-15-16-6-4-8-19(29)10-16/h4-14H,3,15H2,1-2H3,(H,33,34)/b23-13-,30-27?. The summed E-state index contributed by atoms with van der Waals surface area (Å²) in [6.45, 7) is 2.31. The van der Waals surface area contributed by atoms with Crippen LogP contribution in [0.25, 0.3) is 6.08 Å². The first-order valence-corrected chi connectivity index (χ1v) is 12.4. The van der Waals surface area contributed by atoms with Crippen LogP contribution in [0.4, 0.5) is 10.1 Å². The lowest BCUT2D eigenvalue weighted by Crippen LogP contribution is -2.28. The first kappa shape index (κ1) is 26.2. The number of benzene rings is 3. The molecule has 1 saturated heterocycles. The third kappa shape index (κ3) is 6.12. The average Bonchev–Trinajstić information content (AvgIpc) is 3.16.